The Morgan fingerprint density at radius 1 is 1.50 bits per heavy atom. The third-order valence-corrected chi connectivity index (χ3v) is 2.45. The van der Waals surface area contributed by atoms with E-state index in [0.717, 1.165) is 22.5 Å². The Morgan fingerprint density at radius 2 is 2.20 bits per heavy atom. The van der Waals surface area contributed by atoms with E-state index in [4.69, 9.17) is 16.9 Å². The van der Waals surface area contributed by atoms with Gasteiger partial charge in [0.25, 0.3) is 0 Å². The quantitative estimate of drug-likeness (QED) is 0.628. The topological polar surface area (TPSA) is 23.8 Å². The van der Waals surface area contributed by atoms with Gasteiger partial charge in [0.2, 0.25) is 0 Å². The maximum absolute atomic E-state index is 8.49. The summed E-state index contributed by atoms with van der Waals surface area (Å²) in [5.74, 6) is 0. The van der Waals surface area contributed by atoms with Crippen LogP contribution in [0.15, 0.2) is 18.2 Å². The molecule has 1 aromatic rings. The molecule has 0 fully saturated rings. The molecule has 0 unspecified atom stereocenters. The van der Waals surface area contributed by atoms with Crippen LogP contribution < -0.4 is 3.58 Å². The summed E-state index contributed by atoms with van der Waals surface area (Å²) in [6.45, 7) is 0. The second kappa shape index (κ2) is 3.27. The van der Waals surface area contributed by atoms with E-state index in [1.54, 1.807) is 6.07 Å². The van der Waals surface area contributed by atoms with Gasteiger partial charge in [0, 0.05) is 0 Å². The Balaban J connectivity index is 3.23. The molecule has 1 nitrogen and oxygen atoms in total. The molecule has 0 saturated carbocycles. The van der Waals surface area contributed by atoms with Gasteiger partial charge in [-0.3, -0.25) is 0 Å². The number of halogens is 1. The van der Waals surface area contributed by atoms with Gasteiger partial charge in [-0.05, 0) is 0 Å². The Morgan fingerprint density at radius 3 is 2.70 bits per heavy atom. The molecule has 0 bridgehead atoms. The Labute approximate surface area is 77.7 Å². The molecular weight excluding hydrogens is 252 g/mol. The van der Waals surface area contributed by atoms with Crippen molar-refractivity contribution in [3.63, 3.8) is 0 Å². The van der Waals surface area contributed by atoms with Gasteiger partial charge in [-0.1, -0.05) is 0 Å². The van der Waals surface area contributed by atoms with Crippen molar-refractivity contribution < 1.29 is 0 Å². The van der Waals surface area contributed by atoms with Gasteiger partial charge >= 0.3 is 77.8 Å². The number of nitriles is 1. The summed E-state index contributed by atoms with van der Waals surface area (Å²) in [7, 11) is 0. The van der Waals surface area contributed by atoms with Crippen LogP contribution in [-0.4, -0.2) is 22.5 Å². The molecule has 3 heteroatoms. The SMILES string of the molecule is N#Cc1cc[c]([SnH])cc1Cl. The van der Waals surface area contributed by atoms with Crippen molar-refractivity contribution >= 4 is 37.7 Å². The van der Waals surface area contributed by atoms with Crippen LogP contribution in [0.4, 0.5) is 0 Å². The van der Waals surface area contributed by atoms with Crippen LogP contribution in [0.1, 0.15) is 5.56 Å². The van der Waals surface area contributed by atoms with Crippen molar-refractivity contribution in [3.8, 4) is 6.07 Å². The Bertz CT molecular complexity index is 290. The second-order valence-corrected chi connectivity index (χ2v) is 4.16. The van der Waals surface area contributed by atoms with Crippen LogP contribution in [0.3, 0.4) is 0 Å². The van der Waals surface area contributed by atoms with Gasteiger partial charge in [0.1, 0.15) is 0 Å². The van der Waals surface area contributed by atoms with E-state index in [0.29, 0.717) is 10.6 Å². The van der Waals surface area contributed by atoms with Crippen molar-refractivity contribution in [2.75, 3.05) is 0 Å². The van der Waals surface area contributed by atoms with Crippen molar-refractivity contribution in [1.29, 1.82) is 5.26 Å². The third-order valence-electron chi connectivity index (χ3n) is 1.11. The third kappa shape index (κ3) is 1.65. The van der Waals surface area contributed by atoms with Crippen molar-refractivity contribution in [2.24, 2.45) is 0 Å². The summed E-state index contributed by atoms with van der Waals surface area (Å²) in [4.78, 5) is 0. The van der Waals surface area contributed by atoms with E-state index < -0.39 is 0 Å². The molecule has 0 saturated heterocycles. The fourth-order valence-electron chi connectivity index (χ4n) is 0.622. The standard InChI is InChI=1S/C7H3ClN.Sn.H/c8-7-4-2-1-3-6(7)5-9;;/h1,3-4H;;. The molecule has 0 atom stereocenters. The van der Waals surface area contributed by atoms with E-state index in [9.17, 15) is 0 Å². The summed E-state index contributed by atoms with van der Waals surface area (Å²) >= 11 is 6.77. The summed E-state index contributed by atoms with van der Waals surface area (Å²) < 4.78 is 1.20. The summed E-state index contributed by atoms with van der Waals surface area (Å²) in [5.41, 5.74) is 0.555. The van der Waals surface area contributed by atoms with Crippen molar-refractivity contribution in [3.05, 3.63) is 28.8 Å². The molecule has 1 aromatic carbocycles. The first kappa shape index (κ1) is 7.90. The van der Waals surface area contributed by atoms with Gasteiger partial charge < -0.3 is 0 Å². The van der Waals surface area contributed by atoms with E-state index in [-0.39, 0.29) is 0 Å². The fraction of sp³-hybridized carbons (Fsp3) is 0. The number of rotatable bonds is 0. The van der Waals surface area contributed by atoms with Crippen LogP contribution in [0.25, 0.3) is 0 Å². The fourth-order valence-corrected chi connectivity index (χ4v) is 1.91. The first-order valence-corrected chi connectivity index (χ1v) is 4.72. The summed E-state index contributed by atoms with van der Waals surface area (Å²) in [5, 5.41) is 9.05. The van der Waals surface area contributed by atoms with Crippen molar-refractivity contribution in [2.45, 2.75) is 0 Å². The van der Waals surface area contributed by atoms with Crippen LogP contribution in [0.2, 0.25) is 5.02 Å². The predicted molar refractivity (Wildman–Crippen MR) is 43.0 cm³/mol. The molecule has 1 rings (SSSR count). The zero-order valence-electron chi connectivity index (χ0n) is 5.13. The molecule has 2 radical (unpaired) electrons. The zero-order valence-corrected chi connectivity index (χ0v) is 9.19. The average molecular weight is 256 g/mol. The van der Waals surface area contributed by atoms with Crippen LogP contribution in [-0.2, 0) is 0 Å². The minimum atomic E-state index is 0.555. The van der Waals surface area contributed by atoms with Crippen LogP contribution in [0, 0.1) is 11.3 Å². The normalized spacial score (nSPS) is 8.90. The molecule has 0 spiro atoms. The van der Waals surface area contributed by atoms with Gasteiger partial charge in [0.15, 0.2) is 0 Å². The predicted octanol–water partition coefficient (Wildman–Crippen LogP) is 0.738. The number of benzene rings is 1. The Hall–Kier alpha value is -0.201. The molecule has 0 aliphatic carbocycles. The number of nitrogens with zero attached hydrogens (tertiary/aromatic N) is 1. The summed E-state index contributed by atoms with van der Waals surface area (Å²) in [6.07, 6.45) is 0. The maximum atomic E-state index is 8.49. The summed E-state index contributed by atoms with van der Waals surface area (Å²) in [6, 6.07) is 7.52. The molecule has 0 heterocycles. The zero-order chi connectivity index (χ0) is 7.56. The molecule has 0 aromatic heterocycles. The number of hydrogen-bond donors (Lipinski definition) is 0. The van der Waals surface area contributed by atoms with Crippen molar-refractivity contribution in [1.82, 2.24) is 0 Å². The molecule has 0 amide bonds. The molecule has 10 heavy (non-hydrogen) atoms. The Kier molecular flexibility index (Phi) is 2.58. The van der Waals surface area contributed by atoms with E-state index in [2.05, 4.69) is 0 Å². The number of hydrogen-bond acceptors (Lipinski definition) is 1. The van der Waals surface area contributed by atoms with Crippen LogP contribution >= 0.6 is 11.6 Å². The first-order chi connectivity index (χ1) is 4.74. The molecule has 48 valence electrons. The second-order valence-electron chi connectivity index (χ2n) is 1.85. The van der Waals surface area contributed by atoms with Gasteiger partial charge in [-0.2, -0.15) is 0 Å². The van der Waals surface area contributed by atoms with Gasteiger partial charge in [-0.15, -0.1) is 0 Å². The van der Waals surface area contributed by atoms with E-state index in [1.807, 2.05) is 18.2 Å². The first-order valence-electron chi connectivity index (χ1n) is 2.69. The van der Waals surface area contributed by atoms with E-state index in [1.165, 1.54) is 3.58 Å². The molecule has 0 aliphatic rings. The van der Waals surface area contributed by atoms with Gasteiger partial charge in [-0.25, -0.2) is 0 Å². The molecule has 0 N–H and O–H groups in total. The van der Waals surface area contributed by atoms with Crippen LogP contribution in [0.5, 0.6) is 0 Å². The molecule has 0 aliphatic heterocycles. The monoisotopic (exact) mass is 257 g/mol. The van der Waals surface area contributed by atoms with E-state index >= 15 is 0 Å². The average Bonchev–Trinajstić information content (AvgIpc) is 1.88. The minimum absolute atomic E-state index is 0.555. The van der Waals surface area contributed by atoms with Gasteiger partial charge in [0.05, 0.1) is 0 Å². The molecular formula is C7H4ClNSn.